The van der Waals surface area contributed by atoms with E-state index < -0.39 is 5.82 Å². The van der Waals surface area contributed by atoms with Crippen LogP contribution in [0.25, 0.3) is 0 Å². The lowest BCUT2D eigenvalue weighted by molar-refractivity contribution is 0.102. The van der Waals surface area contributed by atoms with E-state index in [1.54, 1.807) is 30.5 Å². The number of amides is 1. The molecule has 0 atom stereocenters. The van der Waals surface area contributed by atoms with Gasteiger partial charge in [-0.1, -0.05) is 18.2 Å². The second kappa shape index (κ2) is 9.00. The van der Waals surface area contributed by atoms with Gasteiger partial charge in [0.1, 0.15) is 17.5 Å². The molecule has 1 aromatic heterocycles. The minimum Gasteiger partial charge on any atom is -0.354 e. The zero-order chi connectivity index (χ0) is 20.9. The van der Waals surface area contributed by atoms with Crippen molar-refractivity contribution in [2.24, 2.45) is 0 Å². The normalized spacial score (nSPS) is 14.5. The molecule has 0 bridgehead atoms. The molecule has 1 amide bonds. The van der Waals surface area contributed by atoms with Crippen molar-refractivity contribution in [3.63, 3.8) is 0 Å². The van der Waals surface area contributed by atoms with Gasteiger partial charge in [-0.05, 0) is 48.0 Å². The lowest BCUT2D eigenvalue weighted by Crippen LogP contribution is -2.46. The highest BCUT2D eigenvalue weighted by atomic mass is 19.1. The van der Waals surface area contributed by atoms with Crippen molar-refractivity contribution < 1.29 is 13.6 Å². The Morgan fingerprint density at radius 3 is 2.33 bits per heavy atom. The average Bonchev–Trinajstić information content (AvgIpc) is 2.75. The highest BCUT2D eigenvalue weighted by Gasteiger charge is 2.18. The van der Waals surface area contributed by atoms with Gasteiger partial charge in [-0.15, -0.1) is 0 Å². The van der Waals surface area contributed by atoms with Crippen molar-refractivity contribution in [1.82, 2.24) is 9.88 Å². The summed E-state index contributed by atoms with van der Waals surface area (Å²) < 4.78 is 26.6. The van der Waals surface area contributed by atoms with Crippen LogP contribution < -0.4 is 10.2 Å². The summed E-state index contributed by atoms with van der Waals surface area (Å²) >= 11 is 0. The van der Waals surface area contributed by atoms with E-state index in [2.05, 4.69) is 20.1 Å². The number of hydrogen-bond donors (Lipinski definition) is 1. The molecule has 0 aliphatic carbocycles. The van der Waals surface area contributed by atoms with Crippen molar-refractivity contribution in [2.45, 2.75) is 6.54 Å². The summed E-state index contributed by atoms with van der Waals surface area (Å²) in [7, 11) is 0. The Morgan fingerprint density at radius 2 is 1.67 bits per heavy atom. The molecule has 1 N–H and O–H groups in total. The number of carbonyl (C=O) groups is 1. The van der Waals surface area contributed by atoms with E-state index in [-0.39, 0.29) is 17.3 Å². The fourth-order valence-corrected chi connectivity index (χ4v) is 3.51. The van der Waals surface area contributed by atoms with Gasteiger partial charge in [0.15, 0.2) is 0 Å². The molecule has 2 aromatic carbocycles. The van der Waals surface area contributed by atoms with Crippen LogP contribution in [0.5, 0.6) is 0 Å². The van der Waals surface area contributed by atoms with Gasteiger partial charge < -0.3 is 10.2 Å². The van der Waals surface area contributed by atoms with Gasteiger partial charge in [0.2, 0.25) is 0 Å². The Kier molecular flexibility index (Phi) is 5.99. The molecule has 30 heavy (non-hydrogen) atoms. The molecule has 4 rings (SSSR count). The fourth-order valence-electron chi connectivity index (χ4n) is 3.51. The molecule has 5 nitrogen and oxygen atoms in total. The highest BCUT2D eigenvalue weighted by molar-refractivity contribution is 6.04. The van der Waals surface area contributed by atoms with Crippen LogP contribution in [0.4, 0.5) is 20.3 Å². The van der Waals surface area contributed by atoms with E-state index in [4.69, 9.17) is 0 Å². The Balaban J connectivity index is 1.31. The van der Waals surface area contributed by atoms with Crippen molar-refractivity contribution in [2.75, 3.05) is 36.4 Å². The number of piperazine rings is 1. The smallest absolute Gasteiger partial charge is 0.255 e. The SMILES string of the molecule is O=C(Nc1ccc(N2CCN(Cc3cccc(F)c3)CC2)nc1)c1cccc(F)c1. The molecule has 0 unspecified atom stereocenters. The fraction of sp³-hybridized carbons (Fsp3) is 0.217. The number of aromatic nitrogens is 1. The molecule has 1 fully saturated rings. The summed E-state index contributed by atoms with van der Waals surface area (Å²) in [6, 6.07) is 15.9. The van der Waals surface area contributed by atoms with Crippen molar-refractivity contribution in [3.8, 4) is 0 Å². The molecule has 3 aromatic rings. The van der Waals surface area contributed by atoms with Crippen LogP contribution in [0.1, 0.15) is 15.9 Å². The summed E-state index contributed by atoms with van der Waals surface area (Å²) in [4.78, 5) is 21.1. The van der Waals surface area contributed by atoms with E-state index in [1.807, 2.05) is 12.1 Å². The van der Waals surface area contributed by atoms with Crippen molar-refractivity contribution >= 4 is 17.4 Å². The second-order valence-corrected chi connectivity index (χ2v) is 7.26. The second-order valence-electron chi connectivity index (χ2n) is 7.26. The topological polar surface area (TPSA) is 48.5 Å². The molecule has 0 radical (unpaired) electrons. The Morgan fingerprint density at radius 1 is 0.933 bits per heavy atom. The zero-order valence-corrected chi connectivity index (χ0v) is 16.4. The summed E-state index contributed by atoms with van der Waals surface area (Å²) in [5.41, 5.74) is 1.78. The predicted octanol–water partition coefficient (Wildman–Crippen LogP) is 3.93. The zero-order valence-electron chi connectivity index (χ0n) is 16.4. The minimum absolute atomic E-state index is 0.208. The number of anilines is 2. The van der Waals surface area contributed by atoms with Crippen LogP contribution in [0.3, 0.4) is 0 Å². The molecule has 1 aliphatic rings. The van der Waals surface area contributed by atoms with Gasteiger partial charge in [0.05, 0.1) is 11.9 Å². The number of nitrogens with zero attached hydrogens (tertiary/aromatic N) is 3. The van der Waals surface area contributed by atoms with E-state index in [0.29, 0.717) is 5.69 Å². The molecule has 154 valence electrons. The lowest BCUT2D eigenvalue weighted by Gasteiger charge is -2.35. The highest BCUT2D eigenvalue weighted by Crippen LogP contribution is 2.18. The Bertz CT molecular complexity index is 1020. The number of rotatable bonds is 5. The van der Waals surface area contributed by atoms with Gasteiger partial charge in [-0.3, -0.25) is 9.69 Å². The largest absolute Gasteiger partial charge is 0.354 e. The average molecular weight is 408 g/mol. The van der Waals surface area contributed by atoms with E-state index in [1.165, 1.54) is 24.3 Å². The summed E-state index contributed by atoms with van der Waals surface area (Å²) in [5, 5.41) is 2.73. The first-order valence-corrected chi connectivity index (χ1v) is 9.81. The summed E-state index contributed by atoms with van der Waals surface area (Å²) in [6.07, 6.45) is 1.60. The molecule has 1 saturated heterocycles. The number of halogens is 2. The molecule has 0 spiro atoms. The summed E-state index contributed by atoms with van der Waals surface area (Å²) in [5.74, 6) is -0.202. The monoisotopic (exact) mass is 408 g/mol. The Labute approximate surface area is 174 Å². The number of carbonyl (C=O) groups excluding carboxylic acids is 1. The van der Waals surface area contributed by atoms with Gasteiger partial charge in [-0.25, -0.2) is 13.8 Å². The van der Waals surface area contributed by atoms with E-state index in [0.717, 1.165) is 44.1 Å². The molecular weight excluding hydrogens is 386 g/mol. The lowest BCUT2D eigenvalue weighted by atomic mass is 10.2. The maximum Gasteiger partial charge on any atom is 0.255 e. The quantitative estimate of drug-likeness (QED) is 0.695. The van der Waals surface area contributed by atoms with Crippen molar-refractivity contribution in [1.29, 1.82) is 0 Å². The maximum absolute atomic E-state index is 13.4. The molecule has 1 aliphatic heterocycles. The number of pyridine rings is 1. The Hall–Kier alpha value is -3.32. The number of nitrogens with one attached hydrogen (secondary N) is 1. The molecule has 0 saturated carbocycles. The van der Waals surface area contributed by atoms with Crippen LogP contribution in [0.2, 0.25) is 0 Å². The molecule has 7 heteroatoms. The van der Waals surface area contributed by atoms with Gasteiger partial charge in [0, 0.05) is 38.3 Å². The standard InChI is InChI=1S/C23H22F2N4O/c24-19-5-1-3-17(13-19)16-28-9-11-29(12-10-28)22-8-7-21(15-26-22)27-23(30)18-4-2-6-20(25)14-18/h1-8,13-15H,9-12,16H2,(H,27,30). The number of benzene rings is 2. The van der Waals surface area contributed by atoms with Crippen LogP contribution in [0.15, 0.2) is 66.9 Å². The third kappa shape index (κ3) is 4.99. The minimum atomic E-state index is -0.451. The summed E-state index contributed by atoms with van der Waals surface area (Å²) in [6.45, 7) is 4.07. The van der Waals surface area contributed by atoms with Crippen molar-refractivity contribution in [3.05, 3.63) is 89.6 Å². The number of hydrogen-bond acceptors (Lipinski definition) is 4. The van der Waals surface area contributed by atoms with E-state index in [9.17, 15) is 13.6 Å². The van der Waals surface area contributed by atoms with Crippen LogP contribution in [-0.4, -0.2) is 42.0 Å². The van der Waals surface area contributed by atoms with Crippen LogP contribution >= 0.6 is 0 Å². The predicted molar refractivity (Wildman–Crippen MR) is 112 cm³/mol. The first-order chi connectivity index (χ1) is 14.6. The third-order valence-electron chi connectivity index (χ3n) is 5.08. The van der Waals surface area contributed by atoms with Gasteiger partial charge in [0.25, 0.3) is 5.91 Å². The van der Waals surface area contributed by atoms with Crippen LogP contribution in [-0.2, 0) is 6.54 Å². The van der Waals surface area contributed by atoms with E-state index >= 15 is 0 Å². The van der Waals surface area contributed by atoms with Crippen LogP contribution in [0, 0.1) is 11.6 Å². The first kappa shape index (κ1) is 20.0. The molecular formula is C23H22F2N4O. The first-order valence-electron chi connectivity index (χ1n) is 9.81. The maximum atomic E-state index is 13.4. The van der Waals surface area contributed by atoms with Gasteiger partial charge in [-0.2, -0.15) is 0 Å². The third-order valence-corrected chi connectivity index (χ3v) is 5.08. The molecule has 2 heterocycles. The van der Waals surface area contributed by atoms with Gasteiger partial charge >= 0.3 is 0 Å².